The van der Waals surface area contributed by atoms with E-state index in [0.717, 1.165) is 32.0 Å². The molecule has 0 aliphatic carbocycles. The summed E-state index contributed by atoms with van der Waals surface area (Å²) < 4.78 is 5.60. The standard InChI is InChI=1S/C17H38N2O/c1-16(2)10-8-6-4-3-5-7-9-14-20-15-12-17(19)11-13-18/h16-17H,3-15,18-19H2,1-2H3. The van der Waals surface area contributed by atoms with E-state index in [1.54, 1.807) is 0 Å². The molecule has 0 spiro atoms. The Morgan fingerprint density at radius 3 is 1.95 bits per heavy atom. The van der Waals surface area contributed by atoms with Gasteiger partial charge in [0.25, 0.3) is 0 Å². The molecule has 0 heterocycles. The van der Waals surface area contributed by atoms with Crippen LogP contribution >= 0.6 is 0 Å². The third-order valence-electron chi connectivity index (χ3n) is 3.74. The van der Waals surface area contributed by atoms with Crippen LogP contribution in [0.2, 0.25) is 0 Å². The Bertz CT molecular complexity index is 186. The first-order valence-corrected chi connectivity index (χ1v) is 8.70. The fourth-order valence-electron chi connectivity index (χ4n) is 2.34. The maximum absolute atomic E-state index is 5.86. The van der Waals surface area contributed by atoms with Gasteiger partial charge in [0.2, 0.25) is 0 Å². The van der Waals surface area contributed by atoms with E-state index in [0.29, 0.717) is 6.54 Å². The maximum atomic E-state index is 5.86. The summed E-state index contributed by atoms with van der Waals surface area (Å²) in [6, 6.07) is 0.214. The second-order valence-electron chi connectivity index (χ2n) is 6.40. The fourth-order valence-corrected chi connectivity index (χ4v) is 2.34. The first kappa shape index (κ1) is 19.9. The summed E-state index contributed by atoms with van der Waals surface area (Å²) in [6.07, 6.45) is 12.7. The molecule has 0 aromatic rings. The minimum Gasteiger partial charge on any atom is -0.381 e. The molecule has 0 aromatic heterocycles. The Morgan fingerprint density at radius 2 is 1.35 bits per heavy atom. The van der Waals surface area contributed by atoms with Crippen LogP contribution in [0.1, 0.15) is 78.1 Å². The molecule has 1 atom stereocenters. The number of nitrogens with two attached hydrogens (primary N) is 2. The Morgan fingerprint density at radius 1 is 0.750 bits per heavy atom. The van der Waals surface area contributed by atoms with E-state index in [-0.39, 0.29) is 6.04 Å². The van der Waals surface area contributed by atoms with E-state index < -0.39 is 0 Å². The van der Waals surface area contributed by atoms with Crippen molar-refractivity contribution < 1.29 is 4.74 Å². The summed E-state index contributed by atoms with van der Waals surface area (Å²) in [5, 5.41) is 0. The lowest BCUT2D eigenvalue weighted by Crippen LogP contribution is -2.25. The minimum atomic E-state index is 0.214. The number of hydrogen-bond acceptors (Lipinski definition) is 3. The van der Waals surface area contributed by atoms with Crippen molar-refractivity contribution in [3.63, 3.8) is 0 Å². The number of rotatable bonds is 15. The molecule has 0 fully saturated rings. The number of hydrogen-bond donors (Lipinski definition) is 2. The highest BCUT2D eigenvalue weighted by atomic mass is 16.5. The van der Waals surface area contributed by atoms with Crippen LogP contribution in [0.5, 0.6) is 0 Å². The van der Waals surface area contributed by atoms with Crippen molar-refractivity contribution in [3.05, 3.63) is 0 Å². The average molecular weight is 287 g/mol. The van der Waals surface area contributed by atoms with Gasteiger partial charge < -0.3 is 16.2 Å². The molecule has 0 saturated carbocycles. The van der Waals surface area contributed by atoms with Gasteiger partial charge in [-0.3, -0.25) is 0 Å². The smallest absolute Gasteiger partial charge is 0.0480 e. The summed E-state index contributed by atoms with van der Waals surface area (Å²) in [5.74, 6) is 0.866. The molecule has 20 heavy (non-hydrogen) atoms. The molecule has 4 N–H and O–H groups in total. The SMILES string of the molecule is CC(C)CCCCCCCCCOCCC(N)CCN. The predicted molar refractivity (Wildman–Crippen MR) is 88.9 cm³/mol. The highest BCUT2D eigenvalue weighted by Crippen LogP contribution is 2.12. The highest BCUT2D eigenvalue weighted by molar-refractivity contribution is 4.60. The topological polar surface area (TPSA) is 61.3 Å². The second-order valence-corrected chi connectivity index (χ2v) is 6.40. The predicted octanol–water partition coefficient (Wildman–Crippen LogP) is 3.85. The van der Waals surface area contributed by atoms with Crippen LogP contribution in [-0.2, 0) is 4.74 Å². The zero-order valence-corrected chi connectivity index (χ0v) is 13.9. The van der Waals surface area contributed by atoms with Crippen LogP contribution in [0.15, 0.2) is 0 Å². The van der Waals surface area contributed by atoms with Crippen molar-refractivity contribution in [2.24, 2.45) is 17.4 Å². The van der Waals surface area contributed by atoms with E-state index in [1.165, 1.54) is 51.4 Å². The van der Waals surface area contributed by atoms with Crippen molar-refractivity contribution in [2.45, 2.75) is 84.1 Å². The third-order valence-corrected chi connectivity index (χ3v) is 3.74. The summed E-state index contributed by atoms with van der Waals surface area (Å²) in [7, 11) is 0. The van der Waals surface area contributed by atoms with Crippen LogP contribution in [0.4, 0.5) is 0 Å². The van der Waals surface area contributed by atoms with Gasteiger partial charge in [-0.2, -0.15) is 0 Å². The molecule has 3 nitrogen and oxygen atoms in total. The van der Waals surface area contributed by atoms with Crippen LogP contribution in [0.25, 0.3) is 0 Å². The van der Waals surface area contributed by atoms with Crippen molar-refractivity contribution in [1.82, 2.24) is 0 Å². The van der Waals surface area contributed by atoms with Crippen molar-refractivity contribution in [1.29, 1.82) is 0 Å². The molecule has 1 unspecified atom stereocenters. The van der Waals surface area contributed by atoms with Gasteiger partial charge in [0, 0.05) is 19.3 Å². The van der Waals surface area contributed by atoms with Gasteiger partial charge in [-0.1, -0.05) is 58.8 Å². The monoisotopic (exact) mass is 286 g/mol. The van der Waals surface area contributed by atoms with Gasteiger partial charge in [0.1, 0.15) is 0 Å². The molecular formula is C17H38N2O. The minimum absolute atomic E-state index is 0.214. The van der Waals surface area contributed by atoms with E-state index >= 15 is 0 Å². The van der Waals surface area contributed by atoms with Gasteiger partial charge in [0.05, 0.1) is 0 Å². The lowest BCUT2D eigenvalue weighted by Gasteiger charge is -2.10. The molecule has 122 valence electrons. The molecule has 0 bridgehead atoms. The molecule has 0 saturated heterocycles. The number of unbranched alkanes of at least 4 members (excludes halogenated alkanes) is 6. The van der Waals surface area contributed by atoms with Crippen molar-refractivity contribution >= 4 is 0 Å². The van der Waals surface area contributed by atoms with Gasteiger partial charge in [-0.15, -0.1) is 0 Å². The van der Waals surface area contributed by atoms with Gasteiger partial charge in [-0.05, 0) is 31.7 Å². The quantitative estimate of drug-likeness (QED) is 0.450. The largest absolute Gasteiger partial charge is 0.381 e. The third kappa shape index (κ3) is 15.9. The second kappa shape index (κ2) is 15.3. The molecular weight excluding hydrogens is 248 g/mol. The van der Waals surface area contributed by atoms with E-state index in [1.807, 2.05) is 0 Å². The lowest BCUT2D eigenvalue weighted by atomic mass is 10.0. The maximum Gasteiger partial charge on any atom is 0.0480 e. The molecule has 0 aliphatic heterocycles. The fraction of sp³-hybridized carbons (Fsp3) is 1.00. The molecule has 0 rings (SSSR count). The molecule has 0 aromatic carbocycles. The highest BCUT2D eigenvalue weighted by Gasteiger charge is 2.00. The summed E-state index contributed by atoms with van der Waals surface area (Å²) in [5.41, 5.74) is 11.3. The first-order chi connectivity index (χ1) is 9.66. The lowest BCUT2D eigenvalue weighted by molar-refractivity contribution is 0.122. The summed E-state index contributed by atoms with van der Waals surface area (Å²) >= 11 is 0. The van der Waals surface area contributed by atoms with Crippen molar-refractivity contribution in [3.8, 4) is 0 Å². The summed E-state index contributed by atoms with van der Waals surface area (Å²) in [4.78, 5) is 0. The normalized spacial score (nSPS) is 13.1. The zero-order valence-electron chi connectivity index (χ0n) is 13.9. The van der Waals surface area contributed by atoms with Crippen LogP contribution < -0.4 is 11.5 Å². The van der Waals surface area contributed by atoms with Crippen LogP contribution in [-0.4, -0.2) is 25.8 Å². The van der Waals surface area contributed by atoms with E-state index in [2.05, 4.69) is 13.8 Å². The van der Waals surface area contributed by atoms with Crippen LogP contribution in [0, 0.1) is 5.92 Å². The van der Waals surface area contributed by atoms with Gasteiger partial charge in [-0.25, -0.2) is 0 Å². The van der Waals surface area contributed by atoms with E-state index in [4.69, 9.17) is 16.2 Å². The first-order valence-electron chi connectivity index (χ1n) is 8.70. The molecule has 0 amide bonds. The Kier molecular flexibility index (Phi) is 15.2. The Hall–Kier alpha value is -0.120. The molecule has 0 aliphatic rings. The number of ether oxygens (including phenoxy) is 1. The van der Waals surface area contributed by atoms with Gasteiger partial charge in [0.15, 0.2) is 0 Å². The Balaban J connectivity index is 3.03. The van der Waals surface area contributed by atoms with Crippen LogP contribution in [0.3, 0.4) is 0 Å². The van der Waals surface area contributed by atoms with E-state index in [9.17, 15) is 0 Å². The molecule has 0 radical (unpaired) electrons. The van der Waals surface area contributed by atoms with Gasteiger partial charge >= 0.3 is 0 Å². The van der Waals surface area contributed by atoms with Crippen molar-refractivity contribution in [2.75, 3.05) is 19.8 Å². The summed E-state index contributed by atoms with van der Waals surface area (Å²) in [6.45, 7) is 6.98. The molecule has 3 heteroatoms. The Labute approximate surface area is 126 Å². The zero-order chi connectivity index (χ0) is 15.1. The average Bonchev–Trinajstić information content (AvgIpc) is 2.40.